The molecule has 5 nitrogen and oxygen atoms in total. The fourth-order valence-corrected chi connectivity index (χ4v) is 1.92. The zero-order chi connectivity index (χ0) is 16.5. The highest BCUT2D eigenvalue weighted by atomic mass is 19.1. The number of nitrogens with one attached hydrogen (secondary N) is 1. The van der Waals surface area contributed by atoms with E-state index in [0.29, 0.717) is 5.56 Å². The van der Waals surface area contributed by atoms with E-state index in [2.05, 4.69) is 5.32 Å². The number of aryl methyl sites for hydroxylation is 1. The molecular weight excluding hydrogens is 289 g/mol. The highest BCUT2D eigenvalue weighted by Crippen LogP contribution is 2.20. The molecule has 120 valence electrons. The summed E-state index contributed by atoms with van der Waals surface area (Å²) in [6, 6.07) is 3.73. The molecule has 2 N–H and O–H groups in total. The molecule has 1 unspecified atom stereocenters. The quantitative estimate of drug-likeness (QED) is 0.723. The van der Waals surface area contributed by atoms with Gasteiger partial charge in [-0.1, -0.05) is 24.3 Å². The van der Waals surface area contributed by atoms with Crippen molar-refractivity contribution in [1.29, 1.82) is 0 Å². The van der Waals surface area contributed by atoms with Crippen LogP contribution in [0.2, 0.25) is 0 Å². The van der Waals surface area contributed by atoms with E-state index in [9.17, 15) is 14.0 Å². The van der Waals surface area contributed by atoms with E-state index in [4.69, 9.17) is 9.84 Å². The Bertz CT molecular complexity index is 557. The summed E-state index contributed by atoms with van der Waals surface area (Å²) in [6.45, 7) is 1.77. The summed E-state index contributed by atoms with van der Waals surface area (Å²) in [4.78, 5) is 22.8. The van der Waals surface area contributed by atoms with Gasteiger partial charge in [0.1, 0.15) is 6.04 Å². The number of hydrogen-bond donors (Lipinski definition) is 2. The Hall–Kier alpha value is -2.37. The van der Waals surface area contributed by atoms with E-state index in [1.165, 1.54) is 13.2 Å². The average molecular weight is 309 g/mol. The number of aliphatic carboxylic acids is 1. The van der Waals surface area contributed by atoms with Crippen LogP contribution in [0.4, 0.5) is 4.39 Å². The summed E-state index contributed by atoms with van der Waals surface area (Å²) in [7, 11) is 1.37. The molecule has 0 spiro atoms. The van der Waals surface area contributed by atoms with Crippen molar-refractivity contribution < 1.29 is 23.8 Å². The lowest BCUT2D eigenvalue weighted by molar-refractivity contribution is -0.141. The number of ether oxygens (including phenoxy) is 1. The molecule has 0 aliphatic rings. The molecule has 0 aliphatic heterocycles. The normalized spacial score (nSPS) is 12.1. The minimum absolute atomic E-state index is 0.00368. The number of carbonyl (C=O) groups is 2. The predicted molar refractivity (Wildman–Crippen MR) is 80.3 cm³/mol. The highest BCUT2D eigenvalue weighted by Gasteiger charge is 2.18. The molecule has 1 amide bonds. The molecular formula is C16H20FNO4. The van der Waals surface area contributed by atoms with Crippen LogP contribution >= 0.6 is 0 Å². The summed E-state index contributed by atoms with van der Waals surface area (Å²) < 4.78 is 18.8. The SMILES string of the molecule is C/C=C/CC(NC(=O)CCc1cccc(OC)c1F)C(=O)O. The number of methoxy groups -OCH3 is 1. The third kappa shape index (κ3) is 5.20. The molecule has 1 rings (SSSR count). The van der Waals surface area contributed by atoms with Crippen molar-refractivity contribution >= 4 is 11.9 Å². The number of carboxylic acid groups (broad SMARTS) is 1. The van der Waals surface area contributed by atoms with Crippen LogP contribution in [-0.2, 0) is 16.0 Å². The molecule has 1 atom stereocenters. The van der Waals surface area contributed by atoms with Crippen molar-refractivity contribution in [2.75, 3.05) is 7.11 Å². The number of halogens is 1. The van der Waals surface area contributed by atoms with Gasteiger partial charge in [-0.3, -0.25) is 4.79 Å². The first-order valence-electron chi connectivity index (χ1n) is 6.94. The number of amides is 1. The first-order valence-corrected chi connectivity index (χ1v) is 6.94. The lowest BCUT2D eigenvalue weighted by atomic mass is 10.1. The maximum absolute atomic E-state index is 13.9. The molecule has 0 saturated heterocycles. The second-order valence-electron chi connectivity index (χ2n) is 4.70. The van der Waals surface area contributed by atoms with Gasteiger partial charge >= 0.3 is 5.97 Å². The lowest BCUT2D eigenvalue weighted by Gasteiger charge is -2.13. The average Bonchev–Trinajstić information content (AvgIpc) is 2.50. The van der Waals surface area contributed by atoms with Crippen LogP contribution in [0, 0.1) is 5.82 Å². The summed E-state index contributed by atoms with van der Waals surface area (Å²) >= 11 is 0. The summed E-state index contributed by atoms with van der Waals surface area (Å²) in [5, 5.41) is 11.4. The number of benzene rings is 1. The Labute approximate surface area is 128 Å². The third-order valence-corrected chi connectivity index (χ3v) is 3.13. The van der Waals surface area contributed by atoms with E-state index in [1.54, 1.807) is 31.2 Å². The van der Waals surface area contributed by atoms with Crippen molar-refractivity contribution in [3.63, 3.8) is 0 Å². The number of allylic oxidation sites excluding steroid dienone is 1. The van der Waals surface area contributed by atoms with Gasteiger partial charge in [-0.15, -0.1) is 0 Å². The summed E-state index contributed by atoms with van der Waals surface area (Å²) in [5.74, 6) is -1.91. The number of rotatable bonds is 8. The molecule has 0 saturated carbocycles. The molecule has 22 heavy (non-hydrogen) atoms. The van der Waals surface area contributed by atoms with E-state index in [-0.39, 0.29) is 25.0 Å². The second-order valence-corrected chi connectivity index (χ2v) is 4.70. The van der Waals surface area contributed by atoms with E-state index in [0.717, 1.165) is 0 Å². The molecule has 0 heterocycles. The molecule has 0 bridgehead atoms. The van der Waals surface area contributed by atoms with Gasteiger partial charge in [0.15, 0.2) is 11.6 Å². The first-order chi connectivity index (χ1) is 10.5. The minimum Gasteiger partial charge on any atom is -0.494 e. The van der Waals surface area contributed by atoms with Crippen molar-refractivity contribution in [2.45, 2.75) is 32.2 Å². The molecule has 0 fully saturated rings. The van der Waals surface area contributed by atoms with E-state index >= 15 is 0 Å². The van der Waals surface area contributed by atoms with E-state index in [1.807, 2.05) is 0 Å². The predicted octanol–water partition coefficient (Wildman–Crippen LogP) is 2.30. The van der Waals surface area contributed by atoms with E-state index < -0.39 is 23.7 Å². The minimum atomic E-state index is -1.10. The fourth-order valence-electron chi connectivity index (χ4n) is 1.92. The zero-order valence-corrected chi connectivity index (χ0v) is 12.6. The van der Waals surface area contributed by atoms with Crippen LogP contribution in [0.25, 0.3) is 0 Å². The monoisotopic (exact) mass is 309 g/mol. The van der Waals surface area contributed by atoms with Crippen LogP contribution in [0.3, 0.4) is 0 Å². The van der Waals surface area contributed by atoms with Crippen LogP contribution < -0.4 is 10.1 Å². The Morgan fingerprint density at radius 2 is 2.18 bits per heavy atom. The van der Waals surface area contributed by atoms with Crippen molar-refractivity contribution in [2.24, 2.45) is 0 Å². The maximum atomic E-state index is 13.9. The molecule has 6 heteroatoms. The van der Waals surface area contributed by atoms with Crippen LogP contribution in [0.15, 0.2) is 30.4 Å². The first kappa shape index (κ1) is 17.7. The van der Waals surface area contributed by atoms with Gasteiger partial charge < -0.3 is 15.2 Å². The van der Waals surface area contributed by atoms with Crippen molar-refractivity contribution in [1.82, 2.24) is 5.32 Å². The Kier molecular flexibility index (Phi) is 7.08. The Morgan fingerprint density at radius 1 is 1.45 bits per heavy atom. The molecule has 0 radical (unpaired) electrons. The van der Waals surface area contributed by atoms with Crippen LogP contribution in [0.5, 0.6) is 5.75 Å². The smallest absolute Gasteiger partial charge is 0.326 e. The van der Waals surface area contributed by atoms with Gasteiger partial charge in [0.25, 0.3) is 0 Å². The van der Waals surface area contributed by atoms with Gasteiger partial charge in [0.2, 0.25) is 5.91 Å². The molecule has 0 aromatic heterocycles. The standard InChI is InChI=1S/C16H20FNO4/c1-3-4-7-12(16(20)21)18-14(19)10-9-11-6-5-8-13(22-2)15(11)17/h3-6,8,12H,7,9-10H2,1-2H3,(H,18,19)(H,20,21)/b4-3+. The van der Waals surface area contributed by atoms with Crippen molar-refractivity contribution in [3.8, 4) is 5.75 Å². The summed E-state index contributed by atoms with van der Waals surface area (Å²) in [5.41, 5.74) is 0.356. The van der Waals surface area contributed by atoms with Gasteiger partial charge in [-0.25, -0.2) is 9.18 Å². The van der Waals surface area contributed by atoms with Gasteiger partial charge in [-0.05, 0) is 31.4 Å². The maximum Gasteiger partial charge on any atom is 0.326 e. The van der Waals surface area contributed by atoms with Gasteiger partial charge in [0.05, 0.1) is 7.11 Å². The third-order valence-electron chi connectivity index (χ3n) is 3.13. The zero-order valence-electron chi connectivity index (χ0n) is 12.6. The van der Waals surface area contributed by atoms with Crippen LogP contribution in [-0.4, -0.2) is 30.1 Å². The largest absolute Gasteiger partial charge is 0.494 e. The Balaban J connectivity index is 2.60. The topological polar surface area (TPSA) is 75.6 Å². The molecule has 1 aromatic carbocycles. The molecule has 0 aliphatic carbocycles. The van der Waals surface area contributed by atoms with Gasteiger partial charge in [-0.2, -0.15) is 0 Å². The Morgan fingerprint density at radius 3 is 2.77 bits per heavy atom. The number of carboxylic acids is 1. The molecule has 1 aromatic rings. The number of hydrogen-bond acceptors (Lipinski definition) is 3. The second kappa shape index (κ2) is 8.81. The van der Waals surface area contributed by atoms with Crippen molar-refractivity contribution in [3.05, 3.63) is 41.7 Å². The van der Waals surface area contributed by atoms with Gasteiger partial charge in [0, 0.05) is 6.42 Å². The highest BCUT2D eigenvalue weighted by molar-refractivity contribution is 5.83. The van der Waals surface area contributed by atoms with Crippen LogP contribution in [0.1, 0.15) is 25.3 Å². The lowest BCUT2D eigenvalue weighted by Crippen LogP contribution is -2.40. The number of carbonyl (C=O) groups excluding carboxylic acids is 1. The fraction of sp³-hybridized carbons (Fsp3) is 0.375. The summed E-state index contributed by atoms with van der Waals surface area (Å²) in [6.07, 6.45) is 3.77.